The van der Waals surface area contributed by atoms with Gasteiger partial charge in [0.25, 0.3) is 0 Å². The van der Waals surface area contributed by atoms with Crippen LogP contribution in [-0.2, 0) is 10.0 Å². The first-order valence-corrected chi connectivity index (χ1v) is 7.83. The molecular formula is C18H23LiOSi. The van der Waals surface area contributed by atoms with E-state index in [1.54, 1.807) is 0 Å². The van der Waals surface area contributed by atoms with E-state index in [0.717, 1.165) is 0 Å². The van der Waals surface area contributed by atoms with Crippen LogP contribution in [0.15, 0.2) is 60.7 Å². The minimum absolute atomic E-state index is 0. The summed E-state index contributed by atoms with van der Waals surface area (Å²) in [6.45, 7) is 6.65. The molecule has 1 nitrogen and oxygen atoms in total. The van der Waals surface area contributed by atoms with Gasteiger partial charge in [-0.15, -0.1) is 0 Å². The van der Waals surface area contributed by atoms with Crippen LogP contribution in [0.4, 0.5) is 0 Å². The minimum Gasteiger partial charge on any atom is -0.444 e. The van der Waals surface area contributed by atoms with E-state index in [9.17, 15) is 0 Å². The predicted molar refractivity (Wildman–Crippen MR) is 88.4 cm³/mol. The second kappa shape index (κ2) is 7.47. The Kier molecular flexibility index (Phi) is 6.50. The van der Waals surface area contributed by atoms with Gasteiger partial charge in [0.2, 0.25) is 0 Å². The van der Waals surface area contributed by atoms with Crippen LogP contribution >= 0.6 is 0 Å². The molecule has 0 unspecified atom stereocenters. The van der Waals surface area contributed by atoms with Gasteiger partial charge in [-0.25, -0.2) is 0 Å². The van der Waals surface area contributed by atoms with Gasteiger partial charge in [0.15, 0.2) is 0 Å². The third-order valence-electron chi connectivity index (χ3n) is 3.36. The second-order valence-electron chi connectivity index (χ2n) is 6.18. The second-order valence-corrected chi connectivity index (χ2v) is 6.59. The Balaban J connectivity index is 0.00000220. The van der Waals surface area contributed by atoms with E-state index in [-0.39, 0.29) is 24.3 Å². The zero-order chi connectivity index (χ0) is 14.6. The fraction of sp³-hybridized carbons (Fsp3) is 0.278. The van der Waals surface area contributed by atoms with Crippen LogP contribution in [0.25, 0.3) is 0 Å². The summed E-state index contributed by atoms with van der Waals surface area (Å²) in [5.74, 6) is 0. The van der Waals surface area contributed by atoms with Crippen LogP contribution in [-0.4, -0.2) is 10.5 Å². The summed E-state index contributed by atoms with van der Waals surface area (Å²) < 4.78 is 6.17. The van der Waals surface area contributed by atoms with Crippen LogP contribution in [0.1, 0.15) is 31.9 Å². The summed E-state index contributed by atoms with van der Waals surface area (Å²) in [7, 11) is 0.678. The number of hydrogen-bond acceptors (Lipinski definition) is 1. The smallest absolute Gasteiger partial charge is 0.444 e. The van der Waals surface area contributed by atoms with Crippen molar-refractivity contribution in [3.63, 3.8) is 0 Å². The molecule has 106 valence electrons. The van der Waals surface area contributed by atoms with E-state index in [1.807, 2.05) is 12.1 Å². The topological polar surface area (TPSA) is 9.23 Å². The van der Waals surface area contributed by atoms with E-state index in [4.69, 9.17) is 4.43 Å². The predicted octanol–water partition coefficient (Wildman–Crippen LogP) is 0.482. The molecule has 0 atom stereocenters. The number of benzene rings is 2. The third kappa shape index (κ3) is 4.34. The van der Waals surface area contributed by atoms with Crippen molar-refractivity contribution in [1.29, 1.82) is 0 Å². The largest absolute Gasteiger partial charge is 1.00 e. The Morgan fingerprint density at radius 2 is 1.19 bits per heavy atom. The van der Waals surface area contributed by atoms with Gasteiger partial charge in [0.05, 0.1) is 0 Å². The van der Waals surface area contributed by atoms with Gasteiger partial charge in [-0.1, -0.05) is 81.4 Å². The molecule has 0 heterocycles. The first-order valence-electron chi connectivity index (χ1n) is 7.01. The monoisotopic (exact) mass is 290 g/mol. The van der Waals surface area contributed by atoms with E-state index in [0.29, 0.717) is 10.5 Å². The van der Waals surface area contributed by atoms with Crippen molar-refractivity contribution >= 4 is 10.5 Å². The summed E-state index contributed by atoms with van der Waals surface area (Å²) in [5.41, 5.74) is 2.00. The molecule has 2 aromatic carbocycles. The minimum atomic E-state index is -0.451. The molecule has 0 amide bonds. The zero-order valence-corrected chi connectivity index (χ0v) is 15.8. The molecule has 0 aromatic heterocycles. The first kappa shape index (κ1) is 18.3. The third-order valence-corrected chi connectivity index (χ3v) is 4.01. The summed E-state index contributed by atoms with van der Waals surface area (Å²) in [5, 5.41) is 0. The van der Waals surface area contributed by atoms with Crippen molar-refractivity contribution in [2.45, 2.75) is 26.4 Å². The van der Waals surface area contributed by atoms with Gasteiger partial charge in [-0.05, 0) is 16.7 Å². The summed E-state index contributed by atoms with van der Waals surface area (Å²) in [6.07, 6.45) is 2.32. The molecule has 0 saturated heterocycles. The molecule has 0 radical (unpaired) electrons. The van der Waals surface area contributed by atoms with Gasteiger partial charge < -0.3 is 4.43 Å². The van der Waals surface area contributed by atoms with Gasteiger partial charge in [-0.3, -0.25) is 6.42 Å². The van der Waals surface area contributed by atoms with Crippen molar-refractivity contribution in [1.82, 2.24) is 0 Å². The SMILES string of the molecule is CC(C)(C)[CH-]C(O[SiH3])(c1ccccc1)c1ccccc1.[Li+]. The summed E-state index contributed by atoms with van der Waals surface area (Å²) >= 11 is 0. The maximum atomic E-state index is 6.17. The Labute approximate surface area is 143 Å². The van der Waals surface area contributed by atoms with Gasteiger partial charge >= 0.3 is 18.9 Å². The quantitative estimate of drug-likeness (QED) is 0.588. The maximum Gasteiger partial charge on any atom is 1.00 e. The van der Waals surface area contributed by atoms with Crippen molar-refractivity contribution in [2.24, 2.45) is 5.41 Å². The Morgan fingerprint density at radius 3 is 1.48 bits per heavy atom. The Hall–Kier alpha value is -0.786. The fourth-order valence-electron chi connectivity index (χ4n) is 2.61. The molecule has 0 spiro atoms. The van der Waals surface area contributed by atoms with E-state index in [2.05, 4.69) is 75.7 Å². The average molecular weight is 290 g/mol. The standard InChI is InChI=1S/C18H23OSi.Li/c1-17(2,3)14-18(19-20,15-10-6-4-7-11-15)16-12-8-5-9-13-16;/h4-14H,1-3,20H3;/q-1;+1. The van der Waals surface area contributed by atoms with Crippen LogP contribution in [0.3, 0.4) is 0 Å². The van der Waals surface area contributed by atoms with Crippen molar-refractivity contribution < 1.29 is 23.3 Å². The molecule has 3 heteroatoms. The molecule has 0 bridgehead atoms. The maximum absolute atomic E-state index is 6.17. The Morgan fingerprint density at radius 1 is 0.810 bits per heavy atom. The number of rotatable bonds is 4. The Bertz CT molecular complexity index is 495. The molecule has 0 saturated carbocycles. The van der Waals surface area contributed by atoms with E-state index >= 15 is 0 Å². The van der Waals surface area contributed by atoms with Crippen molar-refractivity contribution in [2.75, 3.05) is 0 Å². The molecule has 2 rings (SSSR count). The van der Waals surface area contributed by atoms with E-state index < -0.39 is 5.60 Å². The van der Waals surface area contributed by atoms with Crippen molar-refractivity contribution in [3.05, 3.63) is 78.2 Å². The molecule has 0 aliphatic rings. The molecule has 0 fully saturated rings. The van der Waals surface area contributed by atoms with E-state index in [1.165, 1.54) is 11.1 Å². The van der Waals surface area contributed by atoms with Crippen molar-refractivity contribution in [3.8, 4) is 0 Å². The average Bonchev–Trinajstić information content (AvgIpc) is 2.46. The van der Waals surface area contributed by atoms with Gasteiger partial charge in [0.1, 0.15) is 10.5 Å². The molecular weight excluding hydrogens is 267 g/mol. The van der Waals surface area contributed by atoms with Crippen LogP contribution in [0, 0.1) is 11.8 Å². The zero-order valence-electron chi connectivity index (χ0n) is 13.8. The molecule has 2 aromatic rings. The van der Waals surface area contributed by atoms with Gasteiger partial charge in [-0.2, -0.15) is 5.41 Å². The van der Waals surface area contributed by atoms with Gasteiger partial charge in [0, 0.05) is 0 Å². The molecule has 0 N–H and O–H groups in total. The molecule has 0 aliphatic heterocycles. The fourth-order valence-corrected chi connectivity index (χ4v) is 3.20. The van der Waals surface area contributed by atoms with Crippen LogP contribution in [0.5, 0.6) is 0 Å². The van der Waals surface area contributed by atoms with Crippen LogP contribution < -0.4 is 18.9 Å². The number of hydrogen-bond donors (Lipinski definition) is 0. The molecule has 21 heavy (non-hydrogen) atoms. The first-order chi connectivity index (χ1) is 9.48. The normalized spacial score (nSPS) is 12.0. The summed E-state index contributed by atoms with van der Waals surface area (Å²) in [4.78, 5) is 0. The summed E-state index contributed by atoms with van der Waals surface area (Å²) in [6, 6.07) is 21.0. The van der Waals surface area contributed by atoms with Crippen LogP contribution in [0.2, 0.25) is 0 Å². The molecule has 0 aliphatic carbocycles.